The highest BCUT2D eigenvalue weighted by Gasteiger charge is 2.11. The standard InChI is InChI=1S/C14H8Cl2N2O2/c15-12-6-8(7-13(16)17-12)9-2-1-3-11-10(9)4-5-18(11)14(19)20/h1-7H,(H,19,20). The molecule has 0 atom stereocenters. The van der Waals surface area contributed by atoms with Gasteiger partial charge in [-0.2, -0.15) is 0 Å². The second-order valence-corrected chi connectivity index (χ2v) is 4.98. The lowest BCUT2D eigenvalue weighted by molar-refractivity contribution is 0.197. The molecular weight excluding hydrogens is 299 g/mol. The number of aromatic nitrogens is 2. The lowest BCUT2D eigenvalue weighted by atomic mass is 10.0. The lowest BCUT2D eigenvalue weighted by Gasteiger charge is -2.06. The third-order valence-electron chi connectivity index (χ3n) is 3.01. The predicted molar refractivity (Wildman–Crippen MR) is 78.6 cm³/mol. The van der Waals surface area contributed by atoms with Crippen molar-refractivity contribution in [1.82, 2.24) is 9.55 Å². The highest BCUT2D eigenvalue weighted by atomic mass is 35.5. The van der Waals surface area contributed by atoms with Gasteiger partial charge >= 0.3 is 6.09 Å². The molecule has 0 saturated carbocycles. The van der Waals surface area contributed by atoms with Crippen LogP contribution in [0.3, 0.4) is 0 Å². The summed E-state index contributed by atoms with van der Waals surface area (Å²) in [7, 11) is 0. The van der Waals surface area contributed by atoms with E-state index in [0.717, 1.165) is 16.5 Å². The fourth-order valence-electron chi connectivity index (χ4n) is 2.21. The Bertz CT molecular complexity index is 807. The summed E-state index contributed by atoms with van der Waals surface area (Å²) in [5, 5.41) is 10.5. The minimum atomic E-state index is -1.03. The normalized spacial score (nSPS) is 10.9. The van der Waals surface area contributed by atoms with Gasteiger partial charge in [-0.25, -0.2) is 9.78 Å². The molecule has 0 spiro atoms. The second-order valence-electron chi connectivity index (χ2n) is 4.21. The number of halogens is 2. The fraction of sp³-hybridized carbons (Fsp3) is 0. The molecule has 0 aliphatic rings. The molecule has 6 heteroatoms. The summed E-state index contributed by atoms with van der Waals surface area (Å²) in [6, 6.07) is 10.6. The SMILES string of the molecule is O=C(O)n1ccc2c(-c3cc(Cl)nc(Cl)c3)cccc21. The Morgan fingerprint density at radius 2 is 1.85 bits per heavy atom. The molecule has 2 heterocycles. The molecule has 100 valence electrons. The van der Waals surface area contributed by atoms with E-state index in [1.54, 1.807) is 30.3 Å². The van der Waals surface area contributed by atoms with E-state index in [-0.39, 0.29) is 0 Å². The molecule has 0 amide bonds. The van der Waals surface area contributed by atoms with Gasteiger partial charge in [-0.1, -0.05) is 35.3 Å². The van der Waals surface area contributed by atoms with Crippen LogP contribution in [0.25, 0.3) is 22.0 Å². The monoisotopic (exact) mass is 306 g/mol. The topological polar surface area (TPSA) is 55.1 Å². The maximum absolute atomic E-state index is 11.1. The van der Waals surface area contributed by atoms with Crippen LogP contribution < -0.4 is 0 Å². The van der Waals surface area contributed by atoms with Crippen LogP contribution in [-0.4, -0.2) is 20.8 Å². The molecule has 0 aliphatic heterocycles. The van der Waals surface area contributed by atoms with Crippen molar-refractivity contribution >= 4 is 40.2 Å². The minimum absolute atomic E-state index is 0.294. The highest BCUT2D eigenvalue weighted by molar-refractivity contribution is 6.33. The number of rotatable bonds is 1. The first-order chi connectivity index (χ1) is 9.56. The van der Waals surface area contributed by atoms with Crippen LogP contribution in [-0.2, 0) is 0 Å². The number of carboxylic acid groups (broad SMARTS) is 1. The van der Waals surface area contributed by atoms with Crippen LogP contribution >= 0.6 is 23.2 Å². The summed E-state index contributed by atoms with van der Waals surface area (Å²) >= 11 is 11.8. The van der Waals surface area contributed by atoms with Crippen LogP contribution in [0, 0.1) is 0 Å². The van der Waals surface area contributed by atoms with E-state index in [1.165, 1.54) is 10.8 Å². The van der Waals surface area contributed by atoms with E-state index in [4.69, 9.17) is 28.3 Å². The average molecular weight is 307 g/mol. The van der Waals surface area contributed by atoms with E-state index in [1.807, 2.05) is 6.07 Å². The summed E-state index contributed by atoms with van der Waals surface area (Å²) in [4.78, 5) is 15.0. The van der Waals surface area contributed by atoms with E-state index >= 15 is 0 Å². The maximum Gasteiger partial charge on any atom is 0.415 e. The summed E-state index contributed by atoms with van der Waals surface area (Å²) in [6.07, 6.45) is 0.490. The van der Waals surface area contributed by atoms with Crippen molar-refractivity contribution in [2.45, 2.75) is 0 Å². The van der Waals surface area contributed by atoms with Gasteiger partial charge < -0.3 is 5.11 Å². The van der Waals surface area contributed by atoms with Gasteiger partial charge in [0.1, 0.15) is 10.3 Å². The number of carbonyl (C=O) groups is 1. The Labute approximate surface area is 124 Å². The highest BCUT2D eigenvalue weighted by Crippen LogP contribution is 2.31. The molecule has 0 fully saturated rings. The number of benzene rings is 1. The van der Waals surface area contributed by atoms with Gasteiger partial charge in [-0.05, 0) is 35.4 Å². The molecule has 20 heavy (non-hydrogen) atoms. The van der Waals surface area contributed by atoms with Crippen molar-refractivity contribution in [1.29, 1.82) is 0 Å². The van der Waals surface area contributed by atoms with Gasteiger partial charge in [0, 0.05) is 11.6 Å². The first kappa shape index (κ1) is 13.0. The predicted octanol–water partition coefficient (Wildman–Crippen LogP) is 4.54. The Balaban J connectivity index is 2.29. The largest absolute Gasteiger partial charge is 0.464 e. The van der Waals surface area contributed by atoms with Crippen molar-refractivity contribution in [3.05, 3.63) is 52.9 Å². The smallest absolute Gasteiger partial charge is 0.415 e. The Morgan fingerprint density at radius 1 is 1.15 bits per heavy atom. The minimum Gasteiger partial charge on any atom is -0.464 e. The summed E-state index contributed by atoms with van der Waals surface area (Å²) in [5.41, 5.74) is 2.26. The molecule has 0 saturated heterocycles. The van der Waals surface area contributed by atoms with Crippen LogP contribution in [0.4, 0.5) is 4.79 Å². The van der Waals surface area contributed by atoms with Crippen LogP contribution in [0.1, 0.15) is 0 Å². The molecule has 0 unspecified atom stereocenters. The van der Waals surface area contributed by atoms with Crippen molar-refractivity contribution < 1.29 is 9.90 Å². The lowest BCUT2D eigenvalue weighted by Crippen LogP contribution is -2.05. The van der Waals surface area contributed by atoms with Crippen LogP contribution in [0.2, 0.25) is 10.3 Å². The first-order valence-electron chi connectivity index (χ1n) is 5.73. The van der Waals surface area contributed by atoms with Crippen molar-refractivity contribution in [2.24, 2.45) is 0 Å². The molecule has 0 aliphatic carbocycles. The Morgan fingerprint density at radius 3 is 2.50 bits per heavy atom. The summed E-state index contributed by atoms with van der Waals surface area (Å²) < 4.78 is 1.17. The number of hydrogen-bond donors (Lipinski definition) is 1. The fourth-order valence-corrected chi connectivity index (χ4v) is 2.67. The molecule has 1 aromatic carbocycles. The van der Waals surface area contributed by atoms with Crippen LogP contribution in [0.5, 0.6) is 0 Å². The quantitative estimate of drug-likeness (QED) is 0.672. The number of pyridine rings is 1. The van der Waals surface area contributed by atoms with Crippen LogP contribution in [0.15, 0.2) is 42.6 Å². The first-order valence-corrected chi connectivity index (χ1v) is 6.48. The third kappa shape index (κ3) is 2.13. The average Bonchev–Trinajstić information content (AvgIpc) is 2.81. The van der Waals surface area contributed by atoms with Gasteiger partial charge in [0.2, 0.25) is 0 Å². The van der Waals surface area contributed by atoms with Crippen molar-refractivity contribution in [2.75, 3.05) is 0 Å². The molecule has 3 rings (SSSR count). The Hall–Kier alpha value is -2.04. The van der Waals surface area contributed by atoms with Gasteiger partial charge in [-0.3, -0.25) is 4.57 Å². The molecule has 0 bridgehead atoms. The van der Waals surface area contributed by atoms with Gasteiger partial charge in [-0.15, -0.1) is 0 Å². The summed E-state index contributed by atoms with van der Waals surface area (Å²) in [6.45, 7) is 0. The zero-order valence-corrected chi connectivity index (χ0v) is 11.6. The summed E-state index contributed by atoms with van der Waals surface area (Å²) in [5.74, 6) is 0. The van der Waals surface area contributed by atoms with Crippen molar-refractivity contribution in [3.8, 4) is 11.1 Å². The van der Waals surface area contributed by atoms with E-state index < -0.39 is 6.09 Å². The third-order valence-corrected chi connectivity index (χ3v) is 3.40. The maximum atomic E-state index is 11.1. The Kier molecular flexibility index (Phi) is 3.12. The van der Waals surface area contributed by atoms with E-state index in [2.05, 4.69) is 4.98 Å². The molecular formula is C14H8Cl2N2O2. The van der Waals surface area contributed by atoms with Gasteiger partial charge in [0.15, 0.2) is 0 Å². The van der Waals surface area contributed by atoms with Gasteiger partial charge in [0.05, 0.1) is 5.52 Å². The second kappa shape index (κ2) is 4.81. The van der Waals surface area contributed by atoms with Gasteiger partial charge in [0.25, 0.3) is 0 Å². The molecule has 3 aromatic rings. The number of hydrogen-bond acceptors (Lipinski definition) is 2. The number of nitrogens with zero attached hydrogens (tertiary/aromatic N) is 2. The van der Waals surface area contributed by atoms with Crippen molar-refractivity contribution in [3.63, 3.8) is 0 Å². The van der Waals surface area contributed by atoms with E-state index in [0.29, 0.717) is 15.8 Å². The zero-order chi connectivity index (χ0) is 14.3. The molecule has 4 nitrogen and oxygen atoms in total. The zero-order valence-electron chi connectivity index (χ0n) is 10.0. The van der Waals surface area contributed by atoms with E-state index in [9.17, 15) is 4.79 Å². The number of fused-ring (bicyclic) bond motifs is 1. The molecule has 0 radical (unpaired) electrons. The molecule has 2 aromatic heterocycles. The molecule has 1 N–H and O–H groups in total.